The van der Waals surface area contributed by atoms with Crippen LogP contribution in [0, 0.1) is 5.82 Å². The molecule has 0 atom stereocenters. The average Bonchev–Trinajstić information content (AvgIpc) is 3.05. The maximum absolute atomic E-state index is 13.7. The molecule has 1 aromatic heterocycles. The Morgan fingerprint density at radius 1 is 1.00 bits per heavy atom. The molecule has 0 saturated heterocycles. The Morgan fingerprint density at radius 3 is 2.45 bits per heavy atom. The van der Waals surface area contributed by atoms with Crippen molar-refractivity contribution >= 4 is 34.3 Å². The molecule has 0 fully saturated rings. The fourth-order valence-corrected chi connectivity index (χ4v) is 2.69. The highest BCUT2D eigenvalue weighted by Crippen LogP contribution is 2.26. The molecule has 0 radical (unpaired) electrons. The van der Waals surface area contributed by atoms with Gasteiger partial charge in [0.15, 0.2) is 0 Å². The topological polar surface area (TPSA) is 92.5 Å². The molecule has 0 aliphatic heterocycles. The number of H-pyrrole nitrogens is 1. The van der Waals surface area contributed by atoms with Gasteiger partial charge in [-0.05, 0) is 57.2 Å². The third kappa shape index (κ3) is 5.04. The molecular weight excluding hydrogens is 377 g/mol. The molecule has 2 amide bonds. The predicted octanol–water partition coefficient (Wildman–Crippen LogP) is 4.91. The Bertz CT molecular complexity index is 1070. The molecular formula is C21H22FN3O4. The molecule has 29 heavy (non-hydrogen) atoms. The summed E-state index contributed by atoms with van der Waals surface area (Å²) in [6.07, 6.45) is -0.711. The summed E-state index contributed by atoms with van der Waals surface area (Å²) in [7, 11) is 1.56. The number of carbonyl (C=O) groups excluding carboxylic acids is 2. The van der Waals surface area contributed by atoms with Crippen LogP contribution >= 0.6 is 0 Å². The van der Waals surface area contributed by atoms with E-state index in [4.69, 9.17) is 9.47 Å². The second-order valence-electron chi connectivity index (χ2n) is 7.41. The van der Waals surface area contributed by atoms with Crippen molar-refractivity contribution in [3.63, 3.8) is 0 Å². The van der Waals surface area contributed by atoms with Crippen LogP contribution < -0.4 is 15.4 Å². The van der Waals surface area contributed by atoms with Crippen LogP contribution in [0.2, 0.25) is 0 Å². The SMILES string of the molecule is COc1ccc2cc(C(=O)Nc3cc(F)ccc3NC(=O)OC(C)(C)C)[nH]c2c1. The molecule has 152 valence electrons. The Balaban J connectivity index is 1.82. The molecule has 0 aliphatic rings. The molecule has 7 nitrogen and oxygen atoms in total. The zero-order valence-corrected chi connectivity index (χ0v) is 16.6. The van der Waals surface area contributed by atoms with E-state index in [-0.39, 0.29) is 17.1 Å². The zero-order valence-electron chi connectivity index (χ0n) is 16.6. The molecule has 0 spiro atoms. The number of anilines is 2. The van der Waals surface area contributed by atoms with Crippen molar-refractivity contribution in [1.82, 2.24) is 4.98 Å². The van der Waals surface area contributed by atoms with Crippen molar-refractivity contribution in [2.45, 2.75) is 26.4 Å². The normalized spacial score (nSPS) is 11.2. The van der Waals surface area contributed by atoms with Gasteiger partial charge in [0.2, 0.25) is 0 Å². The average molecular weight is 399 g/mol. The molecule has 3 aromatic rings. The number of aromatic nitrogens is 1. The van der Waals surface area contributed by atoms with E-state index >= 15 is 0 Å². The molecule has 0 bridgehead atoms. The van der Waals surface area contributed by atoms with Crippen molar-refractivity contribution in [3.8, 4) is 5.75 Å². The number of rotatable bonds is 4. The molecule has 3 N–H and O–H groups in total. The van der Waals surface area contributed by atoms with Gasteiger partial charge in [0.1, 0.15) is 22.9 Å². The van der Waals surface area contributed by atoms with Gasteiger partial charge in [-0.1, -0.05) is 0 Å². The molecule has 1 heterocycles. The standard InChI is InChI=1S/C21H22FN3O4/c1-21(2,3)29-20(27)25-15-8-6-13(22)10-17(15)24-19(26)18-9-12-5-7-14(28-4)11-16(12)23-18/h5-11,23H,1-4H3,(H,24,26)(H,25,27). The van der Waals surface area contributed by atoms with Crippen LogP contribution in [-0.2, 0) is 4.74 Å². The Hall–Kier alpha value is -3.55. The lowest BCUT2D eigenvalue weighted by Crippen LogP contribution is -2.27. The van der Waals surface area contributed by atoms with E-state index in [1.165, 1.54) is 12.1 Å². The van der Waals surface area contributed by atoms with Crippen LogP contribution in [0.25, 0.3) is 10.9 Å². The van der Waals surface area contributed by atoms with Crippen molar-refractivity contribution in [1.29, 1.82) is 0 Å². The van der Waals surface area contributed by atoms with Crippen LogP contribution in [0.4, 0.5) is 20.6 Å². The highest BCUT2D eigenvalue weighted by atomic mass is 19.1. The number of amides is 2. The Kier molecular flexibility index (Phi) is 5.45. The van der Waals surface area contributed by atoms with E-state index in [0.29, 0.717) is 5.75 Å². The number of methoxy groups -OCH3 is 1. The van der Waals surface area contributed by atoms with Crippen LogP contribution in [-0.4, -0.2) is 29.7 Å². The minimum Gasteiger partial charge on any atom is -0.497 e. The lowest BCUT2D eigenvalue weighted by Gasteiger charge is -2.20. The van der Waals surface area contributed by atoms with E-state index in [1.807, 2.05) is 6.07 Å². The van der Waals surface area contributed by atoms with Gasteiger partial charge in [0.05, 0.1) is 18.5 Å². The smallest absolute Gasteiger partial charge is 0.412 e. The molecule has 8 heteroatoms. The summed E-state index contributed by atoms with van der Waals surface area (Å²) in [5.41, 5.74) is 0.629. The minimum absolute atomic E-state index is 0.108. The Labute approximate surface area is 167 Å². The summed E-state index contributed by atoms with van der Waals surface area (Å²) in [5.74, 6) is -0.394. The zero-order chi connectivity index (χ0) is 21.2. The molecule has 3 rings (SSSR count). The highest BCUT2D eigenvalue weighted by Gasteiger charge is 2.19. The summed E-state index contributed by atoms with van der Waals surface area (Å²) in [5, 5.41) is 5.96. The van der Waals surface area contributed by atoms with Gasteiger partial charge >= 0.3 is 6.09 Å². The molecule has 0 aliphatic carbocycles. The number of benzene rings is 2. The lowest BCUT2D eigenvalue weighted by molar-refractivity contribution is 0.0635. The van der Waals surface area contributed by atoms with Gasteiger partial charge in [-0.15, -0.1) is 0 Å². The van der Waals surface area contributed by atoms with E-state index < -0.39 is 23.4 Å². The maximum atomic E-state index is 13.7. The third-order valence-corrected chi connectivity index (χ3v) is 3.94. The summed E-state index contributed by atoms with van der Waals surface area (Å²) in [6, 6.07) is 10.7. The van der Waals surface area contributed by atoms with Gasteiger partial charge in [-0.3, -0.25) is 10.1 Å². The van der Waals surface area contributed by atoms with E-state index in [2.05, 4.69) is 15.6 Å². The molecule has 0 saturated carbocycles. The number of hydrogen-bond donors (Lipinski definition) is 3. The monoisotopic (exact) mass is 399 g/mol. The summed E-state index contributed by atoms with van der Waals surface area (Å²) < 4.78 is 24.1. The minimum atomic E-state index is -0.711. The van der Waals surface area contributed by atoms with E-state index in [0.717, 1.165) is 17.0 Å². The lowest BCUT2D eigenvalue weighted by atomic mass is 10.2. The maximum Gasteiger partial charge on any atom is 0.412 e. The Morgan fingerprint density at radius 2 is 1.76 bits per heavy atom. The van der Waals surface area contributed by atoms with Crippen LogP contribution in [0.3, 0.4) is 0 Å². The number of fused-ring (bicyclic) bond motifs is 1. The fourth-order valence-electron chi connectivity index (χ4n) is 2.69. The second-order valence-corrected chi connectivity index (χ2v) is 7.41. The summed E-state index contributed by atoms with van der Waals surface area (Å²) in [4.78, 5) is 27.7. The van der Waals surface area contributed by atoms with Crippen molar-refractivity contribution < 1.29 is 23.5 Å². The van der Waals surface area contributed by atoms with Gasteiger partial charge in [0, 0.05) is 17.0 Å². The quantitative estimate of drug-likeness (QED) is 0.581. The van der Waals surface area contributed by atoms with Crippen molar-refractivity contribution in [2.75, 3.05) is 17.7 Å². The summed E-state index contributed by atoms with van der Waals surface area (Å²) in [6.45, 7) is 5.18. The number of ether oxygens (including phenoxy) is 2. The number of carbonyl (C=O) groups is 2. The fraction of sp³-hybridized carbons (Fsp3) is 0.238. The first-order valence-corrected chi connectivity index (χ1v) is 8.92. The van der Waals surface area contributed by atoms with Crippen molar-refractivity contribution in [2.24, 2.45) is 0 Å². The van der Waals surface area contributed by atoms with Crippen LogP contribution in [0.15, 0.2) is 42.5 Å². The van der Waals surface area contributed by atoms with Gasteiger partial charge in [0.25, 0.3) is 5.91 Å². The first-order chi connectivity index (χ1) is 13.6. The van der Waals surface area contributed by atoms with E-state index in [9.17, 15) is 14.0 Å². The van der Waals surface area contributed by atoms with Crippen LogP contribution in [0.1, 0.15) is 31.3 Å². The van der Waals surface area contributed by atoms with Gasteiger partial charge < -0.3 is 19.8 Å². The first-order valence-electron chi connectivity index (χ1n) is 8.92. The second kappa shape index (κ2) is 7.83. The first kappa shape index (κ1) is 20.2. The number of aromatic amines is 1. The van der Waals surface area contributed by atoms with E-state index in [1.54, 1.807) is 46.1 Å². The van der Waals surface area contributed by atoms with Crippen LogP contribution in [0.5, 0.6) is 5.75 Å². The largest absolute Gasteiger partial charge is 0.497 e. The van der Waals surface area contributed by atoms with Gasteiger partial charge in [-0.25, -0.2) is 9.18 Å². The molecule has 0 unspecified atom stereocenters. The van der Waals surface area contributed by atoms with Gasteiger partial charge in [-0.2, -0.15) is 0 Å². The molecule has 2 aromatic carbocycles. The number of nitrogens with one attached hydrogen (secondary N) is 3. The summed E-state index contributed by atoms with van der Waals surface area (Å²) >= 11 is 0. The van der Waals surface area contributed by atoms with Crippen molar-refractivity contribution in [3.05, 3.63) is 54.0 Å². The number of hydrogen-bond acceptors (Lipinski definition) is 4. The predicted molar refractivity (Wildman–Crippen MR) is 109 cm³/mol. The number of halogens is 1. The highest BCUT2D eigenvalue weighted by molar-refractivity contribution is 6.08. The third-order valence-electron chi connectivity index (χ3n) is 3.94.